The Morgan fingerprint density at radius 1 is 1.04 bits per heavy atom. The van der Waals surface area contributed by atoms with Crippen LogP contribution in [0.15, 0.2) is 24.5 Å². The smallest absolute Gasteiger partial charge is 0.134 e. The lowest BCUT2D eigenvalue weighted by Gasteiger charge is -2.17. The van der Waals surface area contributed by atoms with Crippen molar-refractivity contribution >= 4 is 5.82 Å². The Hall–Kier alpha value is -2.01. The number of nitrogens with zero attached hydrogens (tertiary/aromatic N) is 3. The van der Waals surface area contributed by atoms with E-state index in [0.29, 0.717) is 5.92 Å². The van der Waals surface area contributed by atoms with Gasteiger partial charge in [-0.25, -0.2) is 9.97 Å². The number of anilines is 1. The van der Waals surface area contributed by atoms with E-state index in [1.54, 1.807) is 0 Å². The van der Waals surface area contributed by atoms with E-state index in [1.165, 1.54) is 42.5 Å². The lowest BCUT2D eigenvalue weighted by atomic mass is 10.0. The van der Waals surface area contributed by atoms with Crippen LogP contribution in [0.4, 0.5) is 5.82 Å². The van der Waals surface area contributed by atoms with Gasteiger partial charge in [-0.3, -0.25) is 4.98 Å². The van der Waals surface area contributed by atoms with Gasteiger partial charge in [0.05, 0.1) is 18.9 Å². The molecule has 0 bridgehead atoms. The molecule has 4 rings (SSSR count). The van der Waals surface area contributed by atoms with Gasteiger partial charge in [-0.15, -0.1) is 0 Å². The summed E-state index contributed by atoms with van der Waals surface area (Å²) < 4.78 is 5.67. The number of ether oxygens (including phenoxy) is 1. The molecule has 5 nitrogen and oxygen atoms in total. The Morgan fingerprint density at radius 2 is 1.84 bits per heavy atom. The van der Waals surface area contributed by atoms with E-state index in [0.717, 1.165) is 50.7 Å². The van der Waals surface area contributed by atoms with E-state index in [4.69, 9.17) is 14.7 Å². The maximum absolute atomic E-state index is 5.67. The molecule has 1 aliphatic heterocycles. The molecule has 0 amide bonds. The molecule has 1 N–H and O–H groups in total. The number of aromatic nitrogens is 3. The minimum atomic E-state index is 0.537. The first kappa shape index (κ1) is 16.5. The second-order valence-electron chi connectivity index (χ2n) is 6.98. The number of rotatable bonds is 5. The van der Waals surface area contributed by atoms with Crippen LogP contribution in [0.1, 0.15) is 54.2 Å². The highest BCUT2D eigenvalue weighted by Crippen LogP contribution is 2.34. The molecular weight excluding hydrogens is 312 g/mol. The fourth-order valence-electron chi connectivity index (χ4n) is 3.85. The second kappa shape index (κ2) is 7.91. The first-order chi connectivity index (χ1) is 12.4. The predicted molar refractivity (Wildman–Crippen MR) is 97.9 cm³/mol. The summed E-state index contributed by atoms with van der Waals surface area (Å²) in [6, 6.07) is 4.14. The molecule has 2 aliphatic rings. The van der Waals surface area contributed by atoms with Crippen molar-refractivity contribution in [2.45, 2.75) is 50.9 Å². The highest BCUT2D eigenvalue weighted by molar-refractivity contribution is 5.48. The average Bonchev–Trinajstić information content (AvgIpc) is 3.08. The fraction of sp³-hybridized carbons (Fsp3) is 0.550. The third-order valence-electron chi connectivity index (χ3n) is 5.27. The predicted octanol–water partition coefficient (Wildman–Crippen LogP) is 3.30. The summed E-state index contributed by atoms with van der Waals surface area (Å²) in [5.41, 5.74) is 3.75. The maximum atomic E-state index is 5.67. The monoisotopic (exact) mass is 338 g/mol. The normalized spacial score (nSPS) is 17.9. The van der Waals surface area contributed by atoms with Crippen LogP contribution in [0.25, 0.3) is 0 Å². The Bertz CT molecular complexity index is 698. The molecule has 3 heterocycles. The molecule has 25 heavy (non-hydrogen) atoms. The van der Waals surface area contributed by atoms with Gasteiger partial charge in [-0.05, 0) is 37.0 Å². The van der Waals surface area contributed by atoms with Crippen molar-refractivity contribution in [2.24, 2.45) is 0 Å². The van der Waals surface area contributed by atoms with Crippen LogP contribution in [-0.4, -0.2) is 34.7 Å². The molecule has 1 fully saturated rings. The molecular formula is C20H26N4O. The van der Waals surface area contributed by atoms with Gasteiger partial charge < -0.3 is 10.1 Å². The average molecular weight is 338 g/mol. The van der Waals surface area contributed by atoms with Crippen LogP contribution >= 0.6 is 0 Å². The third-order valence-corrected chi connectivity index (χ3v) is 5.27. The first-order valence-electron chi connectivity index (χ1n) is 9.50. The Balaban J connectivity index is 1.54. The standard InChI is InChI=1S/C20H26N4O/c1-2-4-16(3-1)19-23-18-9-14-25-13-8-17(18)20(24-19)22-12-7-15-5-10-21-11-6-15/h5-6,10-11,16H,1-4,7-9,12-14H2,(H,22,23,24). The van der Waals surface area contributed by atoms with E-state index in [2.05, 4.69) is 22.4 Å². The van der Waals surface area contributed by atoms with Crippen LogP contribution in [0.2, 0.25) is 0 Å². The van der Waals surface area contributed by atoms with Gasteiger partial charge in [0.1, 0.15) is 11.6 Å². The van der Waals surface area contributed by atoms with Crippen molar-refractivity contribution in [3.63, 3.8) is 0 Å². The summed E-state index contributed by atoms with van der Waals surface area (Å²) in [4.78, 5) is 14.0. The lowest BCUT2D eigenvalue weighted by molar-refractivity contribution is 0.146. The van der Waals surface area contributed by atoms with Crippen LogP contribution in [0.3, 0.4) is 0 Å². The second-order valence-corrected chi connectivity index (χ2v) is 6.98. The molecule has 0 unspecified atom stereocenters. The van der Waals surface area contributed by atoms with Gasteiger partial charge in [0.25, 0.3) is 0 Å². The summed E-state index contributed by atoms with van der Waals surface area (Å²) in [5.74, 6) is 2.62. The zero-order valence-electron chi connectivity index (χ0n) is 14.7. The van der Waals surface area contributed by atoms with Gasteiger partial charge in [-0.2, -0.15) is 0 Å². The molecule has 1 saturated carbocycles. The van der Waals surface area contributed by atoms with E-state index in [1.807, 2.05) is 12.4 Å². The van der Waals surface area contributed by atoms with Crippen molar-refractivity contribution in [2.75, 3.05) is 25.1 Å². The zero-order valence-corrected chi connectivity index (χ0v) is 14.7. The molecule has 0 atom stereocenters. The Morgan fingerprint density at radius 3 is 2.68 bits per heavy atom. The van der Waals surface area contributed by atoms with E-state index < -0.39 is 0 Å². The van der Waals surface area contributed by atoms with Crippen LogP contribution in [-0.2, 0) is 24.0 Å². The highest BCUT2D eigenvalue weighted by Gasteiger charge is 2.24. The van der Waals surface area contributed by atoms with E-state index in [9.17, 15) is 0 Å². The fourth-order valence-corrected chi connectivity index (χ4v) is 3.85. The topological polar surface area (TPSA) is 59.9 Å². The molecule has 1 aliphatic carbocycles. The molecule has 0 aromatic carbocycles. The van der Waals surface area contributed by atoms with Crippen LogP contribution in [0, 0.1) is 0 Å². The van der Waals surface area contributed by atoms with Gasteiger partial charge in [0, 0.05) is 43.3 Å². The number of fused-ring (bicyclic) bond motifs is 1. The van der Waals surface area contributed by atoms with Crippen molar-refractivity contribution in [3.8, 4) is 0 Å². The Kier molecular flexibility index (Phi) is 5.21. The van der Waals surface area contributed by atoms with Crippen molar-refractivity contribution in [3.05, 3.63) is 47.2 Å². The van der Waals surface area contributed by atoms with Crippen molar-refractivity contribution in [1.29, 1.82) is 0 Å². The first-order valence-corrected chi connectivity index (χ1v) is 9.50. The Labute approximate surface area is 149 Å². The number of nitrogens with one attached hydrogen (secondary N) is 1. The van der Waals surface area contributed by atoms with Gasteiger partial charge in [0.15, 0.2) is 0 Å². The van der Waals surface area contributed by atoms with Gasteiger partial charge >= 0.3 is 0 Å². The zero-order chi connectivity index (χ0) is 16.9. The summed E-state index contributed by atoms with van der Waals surface area (Å²) in [6.07, 6.45) is 11.5. The molecule has 132 valence electrons. The number of hydrogen-bond donors (Lipinski definition) is 1. The van der Waals surface area contributed by atoms with E-state index in [-0.39, 0.29) is 0 Å². The highest BCUT2D eigenvalue weighted by atomic mass is 16.5. The minimum absolute atomic E-state index is 0.537. The minimum Gasteiger partial charge on any atom is -0.381 e. The summed E-state index contributed by atoms with van der Waals surface area (Å²) in [6.45, 7) is 2.40. The van der Waals surface area contributed by atoms with Gasteiger partial charge in [0.2, 0.25) is 0 Å². The van der Waals surface area contributed by atoms with Gasteiger partial charge in [-0.1, -0.05) is 12.8 Å². The lowest BCUT2D eigenvalue weighted by Crippen LogP contribution is -2.15. The maximum Gasteiger partial charge on any atom is 0.134 e. The van der Waals surface area contributed by atoms with E-state index >= 15 is 0 Å². The number of hydrogen-bond acceptors (Lipinski definition) is 5. The summed E-state index contributed by atoms with van der Waals surface area (Å²) >= 11 is 0. The molecule has 0 radical (unpaired) electrons. The summed E-state index contributed by atoms with van der Waals surface area (Å²) in [5, 5.41) is 3.59. The quantitative estimate of drug-likeness (QED) is 0.906. The number of pyridine rings is 1. The molecule has 0 saturated heterocycles. The van der Waals surface area contributed by atoms with Crippen LogP contribution in [0.5, 0.6) is 0 Å². The third kappa shape index (κ3) is 3.98. The van der Waals surface area contributed by atoms with Crippen LogP contribution < -0.4 is 5.32 Å². The molecule has 5 heteroatoms. The largest absolute Gasteiger partial charge is 0.381 e. The van der Waals surface area contributed by atoms with Crippen molar-refractivity contribution in [1.82, 2.24) is 15.0 Å². The summed E-state index contributed by atoms with van der Waals surface area (Å²) in [7, 11) is 0. The molecule has 2 aromatic heterocycles. The molecule has 2 aromatic rings. The SMILES string of the molecule is c1cc(CCNc2nc(C3CCCC3)nc3c2CCOCC3)ccn1. The molecule has 0 spiro atoms. The van der Waals surface area contributed by atoms with Crippen molar-refractivity contribution < 1.29 is 4.74 Å².